The van der Waals surface area contributed by atoms with Gasteiger partial charge in [-0.3, -0.25) is 0 Å². The van der Waals surface area contributed by atoms with Crippen LogP contribution in [0.5, 0.6) is 0 Å². The molecular weight excluding hydrogens is 295 g/mol. The molecule has 0 aliphatic carbocycles. The minimum atomic E-state index is -1.66. The summed E-state index contributed by atoms with van der Waals surface area (Å²) in [6, 6.07) is 2.38. The number of carbonyl (C=O) groups excluding carboxylic acids is 1. The highest BCUT2D eigenvalue weighted by Gasteiger charge is 2.14. The maximum Gasteiger partial charge on any atom is 0.334 e. The van der Waals surface area contributed by atoms with Gasteiger partial charge in [-0.1, -0.05) is 23.2 Å². The van der Waals surface area contributed by atoms with Crippen LogP contribution in [0.25, 0.3) is 0 Å². The predicted octanol–water partition coefficient (Wildman–Crippen LogP) is 1.87. The number of anilines is 1. The molecular formula is C11H12Cl2N2O4. The van der Waals surface area contributed by atoms with Crippen LogP contribution in [0.4, 0.5) is 10.5 Å². The molecule has 0 heterocycles. The first kappa shape index (κ1) is 15.6. The summed E-state index contributed by atoms with van der Waals surface area (Å²) >= 11 is 11.8. The largest absolute Gasteiger partial charge is 0.479 e. The van der Waals surface area contributed by atoms with E-state index in [0.717, 1.165) is 5.56 Å². The van der Waals surface area contributed by atoms with Gasteiger partial charge in [0.25, 0.3) is 0 Å². The lowest BCUT2D eigenvalue weighted by Gasteiger charge is -2.11. The Labute approximate surface area is 119 Å². The maximum absolute atomic E-state index is 11.5. The number of hydrogen-bond acceptors (Lipinski definition) is 3. The first-order chi connectivity index (χ1) is 8.81. The van der Waals surface area contributed by atoms with E-state index in [-0.39, 0.29) is 0 Å². The van der Waals surface area contributed by atoms with Crippen molar-refractivity contribution in [3.63, 3.8) is 0 Å². The Morgan fingerprint density at radius 2 is 1.95 bits per heavy atom. The van der Waals surface area contributed by atoms with E-state index >= 15 is 0 Å². The molecule has 6 nitrogen and oxygen atoms in total. The Morgan fingerprint density at radius 3 is 2.53 bits per heavy atom. The van der Waals surface area contributed by atoms with Crippen molar-refractivity contribution < 1.29 is 19.8 Å². The second-order valence-corrected chi connectivity index (χ2v) is 4.58. The fourth-order valence-electron chi connectivity index (χ4n) is 1.19. The minimum absolute atomic E-state index is 0.291. The Bertz CT molecular complexity index is 508. The van der Waals surface area contributed by atoms with E-state index in [1.807, 2.05) is 0 Å². The van der Waals surface area contributed by atoms with Gasteiger partial charge in [0.05, 0.1) is 17.3 Å². The van der Waals surface area contributed by atoms with E-state index in [1.165, 1.54) is 6.07 Å². The smallest absolute Gasteiger partial charge is 0.334 e. The van der Waals surface area contributed by atoms with Gasteiger partial charge < -0.3 is 20.8 Å². The summed E-state index contributed by atoms with van der Waals surface area (Å²) in [5, 5.41) is 22.8. The van der Waals surface area contributed by atoms with E-state index in [9.17, 15) is 9.59 Å². The third-order valence-electron chi connectivity index (χ3n) is 2.24. The molecule has 0 aliphatic heterocycles. The van der Waals surface area contributed by atoms with Gasteiger partial charge in [-0.05, 0) is 24.6 Å². The number of urea groups is 1. The molecule has 8 heteroatoms. The van der Waals surface area contributed by atoms with Crippen LogP contribution in [0.15, 0.2) is 12.1 Å². The van der Waals surface area contributed by atoms with Gasteiger partial charge in [-0.15, -0.1) is 0 Å². The monoisotopic (exact) mass is 306 g/mol. The molecule has 0 bridgehead atoms. The van der Waals surface area contributed by atoms with Crippen LogP contribution < -0.4 is 10.6 Å². The maximum atomic E-state index is 11.5. The quantitative estimate of drug-likeness (QED) is 0.682. The summed E-state index contributed by atoms with van der Waals surface area (Å²) in [6.45, 7) is 1.35. The fraction of sp³-hybridized carbons (Fsp3) is 0.273. The van der Waals surface area contributed by atoms with E-state index in [4.69, 9.17) is 33.4 Å². The second kappa shape index (κ2) is 6.60. The molecule has 0 saturated heterocycles. The standard InChI is InChI=1S/C11H12Cl2N2O4/c1-5-2-7(13)8(3-6(5)12)15-11(19)14-4-9(16)10(17)18/h2-3,9,16H,4H2,1H3,(H,17,18)(H2,14,15,19). The van der Waals surface area contributed by atoms with Crippen molar-refractivity contribution in [2.75, 3.05) is 11.9 Å². The number of carbonyl (C=O) groups is 2. The van der Waals surface area contributed by atoms with Crippen LogP contribution in [-0.2, 0) is 4.79 Å². The molecule has 0 saturated carbocycles. The number of carboxylic acids is 1. The molecule has 1 unspecified atom stereocenters. The third-order valence-corrected chi connectivity index (χ3v) is 2.96. The van der Waals surface area contributed by atoms with Crippen LogP contribution in [-0.4, -0.2) is 34.9 Å². The van der Waals surface area contributed by atoms with E-state index < -0.39 is 24.6 Å². The molecule has 0 spiro atoms. The van der Waals surface area contributed by atoms with Crippen LogP contribution in [0.1, 0.15) is 5.56 Å². The molecule has 0 aliphatic rings. The van der Waals surface area contributed by atoms with Gasteiger partial charge in [0.15, 0.2) is 6.10 Å². The summed E-state index contributed by atoms with van der Waals surface area (Å²) in [5.74, 6) is -1.42. The Kier molecular flexibility index (Phi) is 5.41. The van der Waals surface area contributed by atoms with Crippen molar-refractivity contribution in [3.8, 4) is 0 Å². The molecule has 1 rings (SSSR count). The van der Waals surface area contributed by atoms with E-state index in [2.05, 4.69) is 10.6 Å². The summed E-state index contributed by atoms with van der Waals surface area (Å²) in [6.07, 6.45) is -1.66. The zero-order chi connectivity index (χ0) is 14.6. The number of nitrogens with one attached hydrogen (secondary N) is 2. The van der Waals surface area contributed by atoms with Gasteiger partial charge >= 0.3 is 12.0 Å². The van der Waals surface area contributed by atoms with Gasteiger partial charge in [0, 0.05) is 5.02 Å². The summed E-state index contributed by atoms with van der Waals surface area (Å²) in [7, 11) is 0. The number of aryl methyl sites for hydroxylation is 1. The first-order valence-corrected chi connectivity index (χ1v) is 5.98. The van der Waals surface area contributed by atoms with Crippen molar-refractivity contribution in [3.05, 3.63) is 27.7 Å². The Balaban J connectivity index is 2.62. The summed E-state index contributed by atoms with van der Waals surface area (Å²) in [5.41, 5.74) is 1.05. The number of benzene rings is 1. The van der Waals surface area contributed by atoms with Crippen LogP contribution in [0, 0.1) is 6.92 Å². The number of aliphatic carboxylic acids is 1. The van der Waals surface area contributed by atoms with Crippen molar-refractivity contribution in [1.29, 1.82) is 0 Å². The zero-order valence-electron chi connectivity index (χ0n) is 9.91. The number of carboxylic acid groups (broad SMARTS) is 1. The highest BCUT2D eigenvalue weighted by atomic mass is 35.5. The minimum Gasteiger partial charge on any atom is -0.479 e. The van der Waals surface area contributed by atoms with Crippen LogP contribution >= 0.6 is 23.2 Å². The van der Waals surface area contributed by atoms with Crippen molar-refractivity contribution >= 4 is 40.9 Å². The van der Waals surface area contributed by atoms with E-state index in [1.54, 1.807) is 13.0 Å². The van der Waals surface area contributed by atoms with Crippen LogP contribution in [0.3, 0.4) is 0 Å². The molecule has 1 aromatic carbocycles. The lowest BCUT2D eigenvalue weighted by Crippen LogP contribution is -2.38. The van der Waals surface area contributed by atoms with E-state index in [0.29, 0.717) is 15.7 Å². The molecule has 1 aromatic rings. The molecule has 104 valence electrons. The van der Waals surface area contributed by atoms with Gasteiger partial charge in [0.2, 0.25) is 0 Å². The van der Waals surface area contributed by atoms with Gasteiger partial charge in [0.1, 0.15) is 0 Å². The van der Waals surface area contributed by atoms with Crippen molar-refractivity contribution in [2.24, 2.45) is 0 Å². The third kappa shape index (κ3) is 4.59. The topological polar surface area (TPSA) is 98.7 Å². The summed E-state index contributed by atoms with van der Waals surface area (Å²) in [4.78, 5) is 21.8. The van der Waals surface area contributed by atoms with Gasteiger partial charge in [-0.25, -0.2) is 9.59 Å². The Morgan fingerprint density at radius 1 is 1.32 bits per heavy atom. The lowest BCUT2D eigenvalue weighted by molar-refractivity contribution is -0.146. The van der Waals surface area contributed by atoms with Crippen molar-refractivity contribution in [1.82, 2.24) is 5.32 Å². The normalized spacial score (nSPS) is 11.8. The molecule has 0 radical (unpaired) electrons. The molecule has 0 aromatic heterocycles. The number of aliphatic hydroxyl groups is 1. The number of halogens is 2. The molecule has 2 amide bonds. The summed E-state index contributed by atoms with van der Waals surface area (Å²) < 4.78 is 0. The Hall–Kier alpha value is -1.50. The number of amides is 2. The highest BCUT2D eigenvalue weighted by molar-refractivity contribution is 6.36. The highest BCUT2D eigenvalue weighted by Crippen LogP contribution is 2.28. The SMILES string of the molecule is Cc1cc(Cl)c(NC(=O)NCC(O)C(=O)O)cc1Cl. The number of aliphatic hydroxyl groups excluding tert-OH is 1. The number of rotatable bonds is 4. The molecule has 4 N–H and O–H groups in total. The first-order valence-electron chi connectivity index (χ1n) is 5.22. The fourth-order valence-corrected chi connectivity index (χ4v) is 1.61. The number of hydrogen-bond donors (Lipinski definition) is 4. The zero-order valence-corrected chi connectivity index (χ0v) is 11.4. The molecule has 19 heavy (non-hydrogen) atoms. The molecule has 1 atom stereocenters. The van der Waals surface area contributed by atoms with Gasteiger partial charge in [-0.2, -0.15) is 0 Å². The van der Waals surface area contributed by atoms with Crippen LogP contribution in [0.2, 0.25) is 10.0 Å². The average molecular weight is 307 g/mol. The average Bonchev–Trinajstić information content (AvgIpc) is 2.32. The predicted molar refractivity (Wildman–Crippen MR) is 71.9 cm³/mol. The molecule has 0 fully saturated rings. The van der Waals surface area contributed by atoms with Crippen molar-refractivity contribution in [2.45, 2.75) is 13.0 Å². The lowest BCUT2D eigenvalue weighted by atomic mass is 10.2. The second-order valence-electron chi connectivity index (χ2n) is 3.77.